The van der Waals surface area contributed by atoms with Crippen molar-refractivity contribution in [2.75, 3.05) is 0 Å². The molecular weight excluding hydrogens is 334 g/mol. The SMILES string of the molecule is Cc1ccccc1C(CC(=O)O)NC(=O)C1Oc2ccccc2OC1C. The van der Waals surface area contributed by atoms with Gasteiger partial charge in [0.05, 0.1) is 12.5 Å². The highest BCUT2D eigenvalue weighted by molar-refractivity contribution is 5.83. The Bertz CT molecular complexity index is 819. The lowest BCUT2D eigenvalue weighted by atomic mass is 9.98. The van der Waals surface area contributed by atoms with Gasteiger partial charge in [-0.1, -0.05) is 36.4 Å². The zero-order chi connectivity index (χ0) is 18.7. The molecule has 2 N–H and O–H groups in total. The molecule has 1 heterocycles. The number of carboxylic acid groups (broad SMARTS) is 1. The lowest BCUT2D eigenvalue weighted by Gasteiger charge is -2.32. The largest absolute Gasteiger partial charge is 0.482 e. The van der Waals surface area contributed by atoms with Gasteiger partial charge in [0.1, 0.15) is 6.10 Å². The molecule has 0 aromatic heterocycles. The van der Waals surface area contributed by atoms with Crippen LogP contribution >= 0.6 is 0 Å². The molecule has 1 aliphatic heterocycles. The highest BCUT2D eigenvalue weighted by Crippen LogP contribution is 2.33. The number of benzene rings is 2. The van der Waals surface area contributed by atoms with Crippen molar-refractivity contribution in [1.29, 1.82) is 0 Å². The van der Waals surface area contributed by atoms with Gasteiger partial charge >= 0.3 is 5.97 Å². The van der Waals surface area contributed by atoms with Crippen LogP contribution in [0.15, 0.2) is 48.5 Å². The number of hydrogen-bond acceptors (Lipinski definition) is 4. The Hall–Kier alpha value is -3.02. The van der Waals surface area contributed by atoms with E-state index in [1.54, 1.807) is 25.1 Å². The number of carbonyl (C=O) groups excluding carboxylic acids is 1. The van der Waals surface area contributed by atoms with Gasteiger partial charge in [-0.2, -0.15) is 0 Å². The van der Waals surface area contributed by atoms with Crippen LogP contribution in [0.5, 0.6) is 11.5 Å². The van der Waals surface area contributed by atoms with Crippen molar-refractivity contribution >= 4 is 11.9 Å². The number of para-hydroxylation sites is 2. The predicted molar refractivity (Wildman–Crippen MR) is 95.3 cm³/mol. The van der Waals surface area contributed by atoms with Crippen molar-refractivity contribution in [3.8, 4) is 11.5 Å². The van der Waals surface area contributed by atoms with E-state index in [9.17, 15) is 14.7 Å². The smallest absolute Gasteiger partial charge is 0.305 e. The normalized spacial score (nSPS) is 19.5. The van der Waals surface area contributed by atoms with Gasteiger partial charge in [-0.05, 0) is 37.1 Å². The summed E-state index contributed by atoms with van der Waals surface area (Å²) in [5, 5.41) is 12.0. The minimum atomic E-state index is -0.988. The summed E-state index contributed by atoms with van der Waals surface area (Å²) in [5.74, 6) is -0.305. The summed E-state index contributed by atoms with van der Waals surface area (Å²) in [5.41, 5.74) is 1.69. The molecule has 0 bridgehead atoms. The van der Waals surface area contributed by atoms with Crippen LogP contribution in [0.2, 0.25) is 0 Å². The van der Waals surface area contributed by atoms with Crippen molar-refractivity contribution < 1.29 is 24.2 Å². The molecule has 0 saturated heterocycles. The molecule has 0 aliphatic carbocycles. The number of rotatable bonds is 5. The van der Waals surface area contributed by atoms with E-state index in [4.69, 9.17) is 9.47 Å². The maximum Gasteiger partial charge on any atom is 0.305 e. The third-order valence-corrected chi connectivity index (χ3v) is 4.36. The highest BCUT2D eigenvalue weighted by Gasteiger charge is 2.35. The van der Waals surface area contributed by atoms with Crippen molar-refractivity contribution in [3.63, 3.8) is 0 Å². The number of carbonyl (C=O) groups is 2. The zero-order valence-electron chi connectivity index (χ0n) is 14.6. The van der Waals surface area contributed by atoms with E-state index >= 15 is 0 Å². The van der Waals surface area contributed by atoms with Gasteiger partial charge in [0, 0.05) is 0 Å². The van der Waals surface area contributed by atoms with E-state index in [2.05, 4.69) is 5.32 Å². The Balaban J connectivity index is 1.80. The van der Waals surface area contributed by atoms with Gasteiger partial charge < -0.3 is 19.9 Å². The number of aryl methyl sites for hydroxylation is 1. The fourth-order valence-corrected chi connectivity index (χ4v) is 3.05. The number of carboxylic acids is 1. The van der Waals surface area contributed by atoms with Crippen LogP contribution in [0.25, 0.3) is 0 Å². The summed E-state index contributed by atoms with van der Waals surface area (Å²) >= 11 is 0. The monoisotopic (exact) mass is 355 g/mol. The third-order valence-electron chi connectivity index (χ3n) is 4.36. The second-order valence-electron chi connectivity index (χ2n) is 6.32. The van der Waals surface area contributed by atoms with Crippen LogP contribution in [0.3, 0.4) is 0 Å². The van der Waals surface area contributed by atoms with Gasteiger partial charge in [-0.3, -0.25) is 9.59 Å². The lowest BCUT2D eigenvalue weighted by molar-refractivity contribution is -0.138. The molecule has 2 aromatic carbocycles. The second-order valence-corrected chi connectivity index (χ2v) is 6.32. The zero-order valence-corrected chi connectivity index (χ0v) is 14.6. The molecule has 0 radical (unpaired) electrons. The molecule has 136 valence electrons. The number of hydrogen-bond donors (Lipinski definition) is 2. The first-order valence-corrected chi connectivity index (χ1v) is 8.45. The minimum Gasteiger partial charge on any atom is -0.482 e. The first-order chi connectivity index (χ1) is 12.5. The molecular formula is C20H21NO5. The van der Waals surface area contributed by atoms with Crippen molar-refractivity contribution in [3.05, 3.63) is 59.7 Å². The van der Waals surface area contributed by atoms with E-state index in [0.717, 1.165) is 11.1 Å². The molecule has 2 aromatic rings. The molecule has 3 rings (SSSR count). The van der Waals surface area contributed by atoms with Crippen molar-refractivity contribution in [2.45, 2.75) is 38.5 Å². The van der Waals surface area contributed by atoms with Crippen LogP contribution in [-0.2, 0) is 9.59 Å². The van der Waals surface area contributed by atoms with Gasteiger partial charge in [-0.15, -0.1) is 0 Å². The van der Waals surface area contributed by atoms with Crippen LogP contribution in [0, 0.1) is 6.92 Å². The molecule has 6 nitrogen and oxygen atoms in total. The summed E-state index contributed by atoms with van der Waals surface area (Å²) in [6.45, 7) is 3.63. The number of nitrogens with one attached hydrogen (secondary N) is 1. The van der Waals surface area contributed by atoms with Crippen molar-refractivity contribution in [2.24, 2.45) is 0 Å². The van der Waals surface area contributed by atoms with Crippen LogP contribution in [-0.4, -0.2) is 29.2 Å². The molecule has 0 saturated carbocycles. The van der Waals surface area contributed by atoms with E-state index in [0.29, 0.717) is 11.5 Å². The highest BCUT2D eigenvalue weighted by atomic mass is 16.6. The molecule has 1 amide bonds. The van der Waals surface area contributed by atoms with Crippen LogP contribution in [0.1, 0.15) is 30.5 Å². The third kappa shape index (κ3) is 3.79. The maximum atomic E-state index is 12.8. The Morgan fingerprint density at radius 3 is 2.35 bits per heavy atom. The minimum absolute atomic E-state index is 0.213. The maximum absolute atomic E-state index is 12.8. The first-order valence-electron chi connectivity index (χ1n) is 8.45. The predicted octanol–water partition coefficient (Wildman–Crippen LogP) is 2.86. The average Bonchev–Trinajstić information content (AvgIpc) is 2.60. The lowest BCUT2D eigenvalue weighted by Crippen LogP contribution is -2.50. The quantitative estimate of drug-likeness (QED) is 0.861. The Morgan fingerprint density at radius 2 is 1.69 bits per heavy atom. The van der Waals surface area contributed by atoms with Gasteiger partial charge in [0.25, 0.3) is 5.91 Å². The molecule has 0 fully saturated rings. The van der Waals surface area contributed by atoms with Gasteiger partial charge in [-0.25, -0.2) is 0 Å². The van der Waals surface area contributed by atoms with Crippen LogP contribution < -0.4 is 14.8 Å². The summed E-state index contributed by atoms with van der Waals surface area (Å²) in [6.07, 6.45) is -1.56. The van der Waals surface area contributed by atoms with Crippen molar-refractivity contribution in [1.82, 2.24) is 5.32 Å². The topological polar surface area (TPSA) is 84.9 Å². The molecule has 3 unspecified atom stereocenters. The number of fused-ring (bicyclic) bond motifs is 1. The number of aliphatic carboxylic acids is 1. The fourth-order valence-electron chi connectivity index (χ4n) is 3.05. The average molecular weight is 355 g/mol. The Morgan fingerprint density at radius 1 is 1.08 bits per heavy atom. The summed E-state index contributed by atoms with van der Waals surface area (Å²) in [6, 6.07) is 13.9. The summed E-state index contributed by atoms with van der Waals surface area (Å²) in [4.78, 5) is 24.1. The standard InChI is InChI=1S/C20H21NO5/c1-12-7-3-4-8-14(12)15(11-18(22)23)21-20(24)19-13(2)25-16-9-5-6-10-17(16)26-19/h3-10,13,15,19H,11H2,1-2H3,(H,21,24)(H,22,23). The van der Waals surface area contributed by atoms with Gasteiger partial charge in [0.2, 0.25) is 6.10 Å². The fraction of sp³-hybridized carbons (Fsp3) is 0.300. The molecule has 3 atom stereocenters. The summed E-state index contributed by atoms with van der Waals surface area (Å²) < 4.78 is 11.5. The molecule has 26 heavy (non-hydrogen) atoms. The number of amides is 1. The first kappa shape index (κ1) is 17.8. The van der Waals surface area contributed by atoms with Crippen LogP contribution in [0.4, 0.5) is 0 Å². The molecule has 6 heteroatoms. The molecule has 1 aliphatic rings. The van der Waals surface area contributed by atoms with E-state index in [-0.39, 0.29) is 6.42 Å². The Kier molecular flexibility index (Phi) is 5.11. The summed E-state index contributed by atoms with van der Waals surface area (Å²) in [7, 11) is 0. The molecule has 0 spiro atoms. The van der Waals surface area contributed by atoms with E-state index < -0.39 is 30.1 Å². The van der Waals surface area contributed by atoms with E-state index in [1.807, 2.05) is 37.3 Å². The van der Waals surface area contributed by atoms with E-state index in [1.165, 1.54) is 0 Å². The Labute approximate surface area is 151 Å². The number of ether oxygens (including phenoxy) is 2. The second kappa shape index (κ2) is 7.47. The van der Waals surface area contributed by atoms with Gasteiger partial charge in [0.15, 0.2) is 11.5 Å².